The van der Waals surface area contributed by atoms with Crippen molar-refractivity contribution in [3.05, 3.63) is 65.2 Å². The Morgan fingerprint density at radius 2 is 1.91 bits per heavy atom. The van der Waals surface area contributed by atoms with E-state index in [1.54, 1.807) is 11.8 Å². The summed E-state index contributed by atoms with van der Waals surface area (Å²) >= 11 is 1.69. The van der Waals surface area contributed by atoms with E-state index in [0.717, 1.165) is 17.9 Å². The molecule has 1 aliphatic rings. The van der Waals surface area contributed by atoms with E-state index in [1.165, 1.54) is 16.7 Å². The van der Waals surface area contributed by atoms with Gasteiger partial charge in [0.05, 0.1) is 5.75 Å². The molecule has 3 rings (SSSR count). The van der Waals surface area contributed by atoms with Crippen LogP contribution in [0, 0.1) is 6.92 Å². The number of amides is 1. The number of fused-ring (bicyclic) bond motifs is 1. The molecule has 0 saturated heterocycles. The van der Waals surface area contributed by atoms with E-state index in [9.17, 15) is 4.79 Å². The molecule has 114 valence electrons. The van der Waals surface area contributed by atoms with Gasteiger partial charge in [0, 0.05) is 17.5 Å². The minimum atomic E-state index is 0.217. The lowest BCUT2D eigenvalue weighted by Gasteiger charge is -2.22. The maximum atomic E-state index is 12.6. The van der Waals surface area contributed by atoms with Gasteiger partial charge in [-0.25, -0.2) is 0 Å². The number of thioether (sulfide) groups is 1. The first-order chi connectivity index (χ1) is 10.6. The summed E-state index contributed by atoms with van der Waals surface area (Å²) in [5.74, 6) is 1.64. The van der Waals surface area contributed by atoms with Crippen LogP contribution in [0.1, 0.15) is 23.6 Å². The maximum Gasteiger partial charge on any atom is 0.237 e. The zero-order valence-electron chi connectivity index (χ0n) is 13.1. The van der Waals surface area contributed by atoms with Crippen LogP contribution < -0.4 is 4.90 Å². The molecule has 2 aromatic carbocycles. The molecule has 0 N–H and O–H groups in total. The highest BCUT2D eigenvalue weighted by Gasteiger charge is 2.29. The zero-order chi connectivity index (χ0) is 15.5. The van der Waals surface area contributed by atoms with Gasteiger partial charge < -0.3 is 4.90 Å². The van der Waals surface area contributed by atoms with Crippen molar-refractivity contribution in [1.82, 2.24) is 0 Å². The van der Waals surface area contributed by atoms with Gasteiger partial charge in [-0.3, -0.25) is 4.79 Å². The van der Waals surface area contributed by atoms with Crippen LogP contribution in [0.15, 0.2) is 48.5 Å². The normalized spacial score (nSPS) is 16.6. The van der Waals surface area contributed by atoms with Crippen molar-refractivity contribution in [2.24, 2.45) is 0 Å². The number of hydrogen-bond donors (Lipinski definition) is 0. The molecule has 3 heteroatoms. The summed E-state index contributed by atoms with van der Waals surface area (Å²) in [7, 11) is 0. The lowest BCUT2D eigenvalue weighted by Crippen LogP contribution is -2.37. The fourth-order valence-electron chi connectivity index (χ4n) is 2.96. The third kappa shape index (κ3) is 3.20. The Labute approximate surface area is 136 Å². The number of hydrogen-bond acceptors (Lipinski definition) is 2. The Kier molecular flexibility index (Phi) is 4.53. The van der Waals surface area contributed by atoms with Crippen molar-refractivity contribution in [3.8, 4) is 0 Å². The number of carbonyl (C=O) groups is 1. The Balaban J connectivity index is 1.59. The number of benzene rings is 2. The summed E-state index contributed by atoms with van der Waals surface area (Å²) in [6.07, 6.45) is 0.963. The van der Waals surface area contributed by atoms with Crippen molar-refractivity contribution >= 4 is 23.4 Å². The van der Waals surface area contributed by atoms with Gasteiger partial charge in [0.1, 0.15) is 0 Å². The Morgan fingerprint density at radius 1 is 1.18 bits per heavy atom. The lowest BCUT2D eigenvalue weighted by atomic mass is 10.1. The largest absolute Gasteiger partial charge is 0.308 e. The molecule has 2 aromatic rings. The molecular weight excluding hydrogens is 290 g/mol. The van der Waals surface area contributed by atoms with Crippen LogP contribution in [0.4, 0.5) is 5.69 Å². The Bertz CT molecular complexity index is 665. The fraction of sp³-hybridized carbons (Fsp3) is 0.316. The van der Waals surface area contributed by atoms with Crippen LogP contribution in [-0.2, 0) is 17.0 Å². The lowest BCUT2D eigenvalue weighted by molar-refractivity contribution is -0.116. The minimum absolute atomic E-state index is 0.217. The molecule has 0 radical (unpaired) electrons. The molecule has 0 aromatic heterocycles. The predicted molar refractivity (Wildman–Crippen MR) is 94.4 cm³/mol. The average Bonchev–Trinajstić information content (AvgIpc) is 2.85. The van der Waals surface area contributed by atoms with Crippen LogP contribution >= 0.6 is 11.8 Å². The van der Waals surface area contributed by atoms with E-state index < -0.39 is 0 Å². The van der Waals surface area contributed by atoms with Crippen molar-refractivity contribution < 1.29 is 4.79 Å². The van der Waals surface area contributed by atoms with Crippen molar-refractivity contribution in [2.45, 2.75) is 32.1 Å². The Morgan fingerprint density at radius 3 is 2.68 bits per heavy atom. The van der Waals surface area contributed by atoms with E-state index >= 15 is 0 Å². The first-order valence-electron chi connectivity index (χ1n) is 7.68. The first kappa shape index (κ1) is 15.2. The number of carbonyl (C=O) groups excluding carboxylic acids is 1. The summed E-state index contributed by atoms with van der Waals surface area (Å²) < 4.78 is 0. The molecule has 22 heavy (non-hydrogen) atoms. The van der Waals surface area contributed by atoms with Crippen molar-refractivity contribution in [2.75, 3.05) is 10.7 Å². The van der Waals surface area contributed by atoms with Gasteiger partial charge in [-0.2, -0.15) is 0 Å². The molecule has 1 amide bonds. The molecule has 2 nitrogen and oxygen atoms in total. The summed E-state index contributed by atoms with van der Waals surface area (Å²) in [6.45, 7) is 4.22. The number of rotatable bonds is 4. The molecule has 0 bridgehead atoms. The van der Waals surface area contributed by atoms with Crippen molar-refractivity contribution in [1.29, 1.82) is 0 Å². The standard InChI is InChI=1S/C19H21NOS/c1-14-7-9-16(10-8-14)12-22-13-19(21)20-15(2)11-17-5-3-4-6-18(17)20/h3-10,15H,11-13H2,1-2H3/t15-/m1/s1. The van der Waals surface area contributed by atoms with Crippen LogP contribution in [0.5, 0.6) is 0 Å². The van der Waals surface area contributed by atoms with E-state index in [0.29, 0.717) is 5.75 Å². The summed E-state index contributed by atoms with van der Waals surface area (Å²) in [5, 5.41) is 0. The van der Waals surface area contributed by atoms with Gasteiger partial charge in [0.25, 0.3) is 0 Å². The minimum Gasteiger partial charge on any atom is -0.308 e. The highest BCUT2D eigenvalue weighted by molar-refractivity contribution is 7.99. The second-order valence-corrected chi connectivity index (χ2v) is 6.91. The highest BCUT2D eigenvalue weighted by atomic mass is 32.2. The molecule has 0 fully saturated rings. The quantitative estimate of drug-likeness (QED) is 0.843. The van der Waals surface area contributed by atoms with Gasteiger partial charge in [0.2, 0.25) is 5.91 Å². The second kappa shape index (κ2) is 6.57. The van der Waals surface area contributed by atoms with Crippen LogP contribution in [0.25, 0.3) is 0 Å². The van der Waals surface area contributed by atoms with Gasteiger partial charge in [-0.1, -0.05) is 48.0 Å². The van der Waals surface area contributed by atoms with Crippen LogP contribution in [-0.4, -0.2) is 17.7 Å². The Hall–Kier alpha value is -1.74. The zero-order valence-corrected chi connectivity index (χ0v) is 13.9. The molecule has 0 saturated carbocycles. The third-order valence-corrected chi connectivity index (χ3v) is 5.08. The molecule has 1 aliphatic heterocycles. The van der Waals surface area contributed by atoms with Crippen LogP contribution in [0.3, 0.4) is 0 Å². The number of nitrogens with zero attached hydrogens (tertiary/aromatic N) is 1. The topological polar surface area (TPSA) is 20.3 Å². The monoisotopic (exact) mass is 311 g/mol. The average molecular weight is 311 g/mol. The van der Waals surface area contributed by atoms with E-state index in [1.807, 2.05) is 17.0 Å². The van der Waals surface area contributed by atoms with Gasteiger partial charge >= 0.3 is 0 Å². The van der Waals surface area contributed by atoms with Crippen LogP contribution in [0.2, 0.25) is 0 Å². The third-order valence-electron chi connectivity index (χ3n) is 4.09. The second-order valence-electron chi connectivity index (χ2n) is 5.92. The number of aryl methyl sites for hydroxylation is 1. The molecule has 1 heterocycles. The maximum absolute atomic E-state index is 12.6. The highest BCUT2D eigenvalue weighted by Crippen LogP contribution is 2.32. The number of anilines is 1. The molecular formula is C19H21NOS. The van der Waals surface area contributed by atoms with Gasteiger partial charge in [-0.05, 0) is 37.5 Å². The first-order valence-corrected chi connectivity index (χ1v) is 8.84. The fourth-order valence-corrected chi connectivity index (χ4v) is 3.80. The van der Waals surface area contributed by atoms with E-state index in [4.69, 9.17) is 0 Å². The van der Waals surface area contributed by atoms with E-state index in [2.05, 4.69) is 50.2 Å². The predicted octanol–water partition coefficient (Wildman–Crippen LogP) is 4.21. The van der Waals surface area contributed by atoms with Crippen molar-refractivity contribution in [3.63, 3.8) is 0 Å². The SMILES string of the molecule is Cc1ccc(CSCC(=O)N2c3ccccc3C[C@H]2C)cc1. The summed E-state index contributed by atoms with van der Waals surface area (Å²) in [5.41, 5.74) is 4.92. The summed E-state index contributed by atoms with van der Waals surface area (Å²) in [6, 6.07) is 17.0. The smallest absolute Gasteiger partial charge is 0.237 e. The molecule has 0 unspecified atom stereocenters. The molecule has 0 spiro atoms. The molecule has 0 aliphatic carbocycles. The number of para-hydroxylation sites is 1. The van der Waals surface area contributed by atoms with Gasteiger partial charge in [0.15, 0.2) is 0 Å². The van der Waals surface area contributed by atoms with E-state index in [-0.39, 0.29) is 11.9 Å². The molecule has 1 atom stereocenters. The van der Waals surface area contributed by atoms with Gasteiger partial charge in [-0.15, -0.1) is 11.8 Å². The summed E-state index contributed by atoms with van der Waals surface area (Å²) in [4.78, 5) is 14.5.